The summed E-state index contributed by atoms with van der Waals surface area (Å²) in [6.45, 7) is 4.65. The number of pyridine rings is 1. The van der Waals surface area contributed by atoms with Crippen molar-refractivity contribution < 1.29 is 4.39 Å². The SMILES string of the molecule is CSCCCNC(=NCc1nnc(C)n1C)NC1CCN(c2ncccc2F)C1. The largest absolute Gasteiger partial charge is 0.356 e. The van der Waals surface area contributed by atoms with Crippen LogP contribution < -0.4 is 15.5 Å². The van der Waals surface area contributed by atoms with Crippen molar-refractivity contribution in [1.82, 2.24) is 30.4 Å². The van der Waals surface area contributed by atoms with Crippen LogP contribution in [-0.2, 0) is 13.6 Å². The monoisotopic (exact) mass is 420 g/mol. The Kier molecular flexibility index (Phi) is 7.68. The lowest BCUT2D eigenvalue weighted by Crippen LogP contribution is -2.45. The maximum Gasteiger partial charge on any atom is 0.191 e. The van der Waals surface area contributed by atoms with Crippen LogP contribution in [0.15, 0.2) is 23.3 Å². The van der Waals surface area contributed by atoms with E-state index in [0.29, 0.717) is 18.9 Å². The summed E-state index contributed by atoms with van der Waals surface area (Å²) in [5.41, 5.74) is 0. The van der Waals surface area contributed by atoms with Crippen LogP contribution in [0.1, 0.15) is 24.5 Å². The third-order valence-electron chi connectivity index (χ3n) is 4.95. The second-order valence-corrected chi connectivity index (χ2v) is 8.03. The minimum absolute atomic E-state index is 0.171. The Morgan fingerprint density at radius 1 is 1.41 bits per heavy atom. The molecular formula is C19H29FN8S. The van der Waals surface area contributed by atoms with E-state index in [1.165, 1.54) is 6.07 Å². The van der Waals surface area contributed by atoms with Crippen LogP contribution in [0.4, 0.5) is 10.2 Å². The molecule has 1 saturated heterocycles. The standard InChI is InChI=1S/C19H29FN8S/c1-14-25-26-17(27(14)2)12-23-19(22-9-5-11-29-3)24-15-7-10-28(13-15)18-16(20)6-4-8-21-18/h4,6,8,15H,5,7,9-13H2,1-3H3,(H2,22,23,24). The summed E-state index contributed by atoms with van der Waals surface area (Å²) in [4.78, 5) is 10.9. The summed E-state index contributed by atoms with van der Waals surface area (Å²) in [7, 11) is 1.94. The van der Waals surface area contributed by atoms with Crippen molar-refractivity contribution in [2.45, 2.75) is 32.4 Å². The predicted octanol–water partition coefficient (Wildman–Crippen LogP) is 1.72. The number of hydrogen-bond acceptors (Lipinski definition) is 6. The lowest BCUT2D eigenvalue weighted by Gasteiger charge is -2.20. The van der Waals surface area contributed by atoms with Crippen LogP contribution in [0.5, 0.6) is 0 Å². The van der Waals surface area contributed by atoms with Gasteiger partial charge < -0.3 is 20.1 Å². The van der Waals surface area contributed by atoms with Gasteiger partial charge in [-0.3, -0.25) is 0 Å². The molecule has 0 saturated carbocycles. The molecular weight excluding hydrogens is 391 g/mol. The van der Waals surface area contributed by atoms with E-state index >= 15 is 0 Å². The van der Waals surface area contributed by atoms with Gasteiger partial charge in [-0.25, -0.2) is 14.4 Å². The first kappa shape index (κ1) is 21.4. The molecule has 10 heteroatoms. The van der Waals surface area contributed by atoms with Crippen molar-refractivity contribution in [3.05, 3.63) is 35.8 Å². The predicted molar refractivity (Wildman–Crippen MR) is 116 cm³/mol. The molecule has 2 aromatic heterocycles. The van der Waals surface area contributed by atoms with Crippen molar-refractivity contribution in [3.63, 3.8) is 0 Å². The normalized spacial score (nSPS) is 17.0. The Hall–Kier alpha value is -2.36. The number of nitrogens with one attached hydrogen (secondary N) is 2. The van der Waals surface area contributed by atoms with Crippen molar-refractivity contribution in [3.8, 4) is 0 Å². The summed E-state index contributed by atoms with van der Waals surface area (Å²) in [5, 5.41) is 15.2. The molecule has 1 aliphatic rings. The van der Waals surface area contributed by atoms with Gasteiger partial charge in [0.05, 0.1) is 0 Å². The Labute approximate surface area is 175 Å². The van der Waals surface area contributed by atoms with Gasteiger partial charge in [0.1, 0.15) is 12.4 Å². The molecule has 158 valence electrons. The first-order valence-electron chi connectivity index (χ1n) is 9.82. The van der Waals surface area contributed by atoms with Gasteiger partial charge in [0, 0.05) is 38.9 Å². The zero-order chi connectivity index (χ0) is 20.6. The first-order valence-corrected chi connectivity index (χ1v) is 11.2. The first-order chi connectivity index (χ1) is 14.1. The van der Waals surface area contributed by atoms with Crippen LogP contribution in [0.2, 0.25) is 0 Å². The third-order valence-corrected chi connectivity index (χ3v) is 5.64. The fourth-order valence-electron chi connectivity index (χ4n) is 3.19. The van der Waals surface area contributed by atoms with Gasteiger partial charge in [-0.05, 0) is 43.9 Å². The quantitative estimate of drug-likeness (QED) is 0.382. The second-order valence-electron chi connectivity index (χ2n) is 7.05. The number of aliphatic imine (C=N–C) groups is 1. The number of halogens is 1. The third kappa shape index (κ3) is 5.81. The van der Waals surface area contributed by atoms with Crippen LogP contribution >= 0.6 is 11.8 Å². The second kappa shape index (κ2) is 10.4. The van der Waals surface area contributed by atoms with Crippen LogP contribution in [0, 0.1) is 12.7 Å². The van der Waals surface area contributed by atoms with Crippen LogP contribution in [0.3, 0.4) is 0 Å². The minimum atomic E-state index is -0.283. The minimum Gasteiger partial charge on any atom is -0.356 e. The Balaban J connectivity index is 1.62. The number of aromatic nitrogens is 4. The van der Waals surface area contributed by atoms with Crippen molar-refractivity contribution >= 4 is 23.5 Å². The van der Waals surface area contributed by atoms with Crippen molar-refractivity contribution in [2.75, 3.05) is 36.5 Å². The molecule has 1 aliphatic heterocycles. The molecule has 2 N–H and O–H groups in total. The molecule has 1 atom stereocenters. The van der Waals surface area contributed by atoms with Gasteiger partial charge in [-0.1, -0.05) is 0 Å². The number of anilines is 1. The van der Waals surface area contributed by atoms with E-state index in [1.54, 1.807) is 12.3 Å². The fraction of sp³-hybridized carbons (Fsp3) is 0.579. The highest BCUT2D eigenvalue weighted by molar-refractivity contribution is 7.98. The number of rotatable bonds is 8. The molecule has 2 aromatic rings. The molecule has 3 heterocycles. The molecule has 0 radical (unpaired) electrons. The van der Waals surface area contributed by atoms with Gasteiger partial charge in [0.25, 0.3) is 0 Å². The number of aryl methyl sites for hydroxylation is 1. The summed E-state index contributed by atoms with van der Waals surface area (Å²) in [5.74, 6) is 3.66. The maximum atomic E-state index is 14.0. The molecule has 0 spiro atoms. The molecule has 3 rings (SSSR count). The molecule has 8 nitrogen and oxygen atoms in total. The summed E-state index contributed by atoms with van der Waals surface area (Å²) in [6, 6.07) is 3.23. The van der Waals surface area contributed by atoms with E-state index in [9.17, 15) is 4.39 Å². The van der Waals surface area contributed by atoms with E-state index in [1.807, 2.05) is 35.2 Å². The molecule has 0 bridgehead atoms. The van der Waals surface area contributed by atoms with Gasteiger partial charge in [0.2, 0.25) is 0 Å². The molecule has 1 unspecified atom stereocenters. The Morgan fingerprint density at radius 2 is 2.28 bits per heavy atom. The number of thioether (sulfide) groups is 1. The average molecular weight is 421 g/mol. The highest BCUT2D eigenvalue weighted by Crippen LogP contribution is 2.20. The van der Waals surface area contributed by atoms with Gasteiger partial charge >= 0.3 is 0 Å². The highest BCUT2D eigenvalue weighted by Gasteiger charge is 2.26. The van der Waals surface area contributed by atoms with Gasteiger partial charge in [0.15, 0.2) is 23.4 Å². The lowest BCUT2D eigenvalue weighted by atomic mass is 10.3. The van der Waals surface area contributed by atoms with Gasteiger partial charge in [-0.2, -0.15) is 11.8 Å². The molecule has 29 heavy (non-hydrogen) atoms. The Morgan fingerprint density at radius 3 is 3.00 bits per heavy atom. The topological polar surface area (TPSA) is 83.3 Å². The van der Waals surface area contributed by atoms with E-state index in [0.717, 1.165) is 49.3 Å². The fourth-order valence-corrected chi connectivity index (χ4v) is 3.62. The zero-order valence-electron chi connectivity index (χ0n) is 17.2. The van der Waals surface area contributed by atoms with Crippen molar-refractivity contribution in [1.29, 1.82) is 0 Å². The van der Waals surface area contributed by atoms with Crippen LogP contribution in [0.25, 0.3) is 0 Å². The lowest BCUT2D eigenvalue weighted by molar-refractivity contribution is 0.612. The van der Waals surface area contributed by atoms with Crippen LogP contribution in [-0.4, -0.2) is 63.4 Å². The summed E-state index contributed by atoms with van der Waals surface area (Å²) < 4.78 is 16.0. The maximum absolute atomic E-state index is 14.0. The average Bonchev–Trinajstić information content (AvgIpc) is 3.31. The van der Waals surface area contributed by atoms with E-state index in [4.69, 9.17) is 4.99 Å². The van der Waals surface area contributed by atoms with E-state index in [2.05, 4.69) is 32.1 Å². The smallest absolute Gasteiger partial charge is 0.191 e. The molecule has 0 amide bonds. The molecule has 1 fully saturated rings. The summed E-state index contributed by atoms with van der Waals surface area (Å²) >= 11 is 1.83. The molecule has 0 aromatic carbocycles. The highest BCUT2D eigenvalue weighted by atomic mass is 32.2. The zero-order valence-corrected chi connectivity index (χ0v) is 18.0. The number of hydrogen-bond donors (Lipinski definition) is 2. The van der Waals surface area contributed by atoms with E-state index < -0.39 is 0 Å². The Bertz CT molecular complexity index is 824. The molecule has 0 aliphatic carbocycles. The summed E-state index contributed by atoms with van der Waals surface area (Å²) in [6.07, 6.45) is 5.68. The number of guanidine groups is 1. The van der Waals surface area contributed by atoms with Crippen molar-refractivity contribution in [2.24, 2.45) is 12.0 Å². The number of nitrogens with zero attached hydrogens (tertiary/aromatic N) is 6. The van der Waals surface area contributed by atoms with E-state index in [-0.39, 0.29) is 11.9 Å². The van der Waals surface area contributed by atoms with Gasteiger partial charge in [-0.15, -0.1) is 10.2 Å².